The molecule has 22 heavy (non-hydrogen) atoms. The molecule has 1 saturated carbocycles. The van der Waals surface area contributed by atoms with Crippen LogP contribution >= 0.6 is 35.7 Å². The van der Waals surface area contributed by atoms with Crippen molar-refractivity contribution < 1.29 is 4.74 Å². The number of guanidine groups is 1. The van der Waals surface area contributed by atoms with Crippen LogP contribution in [0.15, 0.2) is 4.99 Å². The molecule has 0 bridgehead atoms. The number of hydrogen-bond acceptors (Lipinski definition) is 3. The molecular formula is C16H32IN3OS. The lowest BCUT2D eigenvalue weighted by molar-refractivity contribution is 0.128. The summed E-state index contributed by atoms with van der Waals surface area (Å²) in [6.07, 6.45) is 3.82. The standard InChI is InChI=1S/C16H31N3OS.HI/c1-5-20-10-8-16(6-7-16)12-18-14(17-4)19-9-11-21-15(2,3)13-19;/h5-13H2,1-4H3,(H,17,18);1H. The van der Waals surface area contributed by atoms with Crippen molar-refractivity contribution in [3.63, 3.8) is 0 Å². The Kier molecular flexibility index (Phi) is 8.30. The molecule has 1 N–H and O–H groups in total. The molecule has 0 aromatic carbocycles. The molecule has 2 fully saturated rings. The van der Waals surface area contributed by atoms with Gasteiger partial charge in [0.1, 0.15) is 0 Å². The van der Waals surface area contributed by atoms with E-state index >= 15 is 0 Å². The second-order valence-electron chi connectivity index (χ2n) is 6.88. The Hall–Kier alpha value is 0.310. The van der Waals surface area contributed by atoms with Crippen molar-refractivity contribution in [1.29, 1.82) is 0 Å². The third-order valence-electron chi connectivity index (χ3n) is 4.50. The fraction of sp³-hybridized carbons (Fsp3) is 0.938. The first kappa shape index (κ1) is 20.4. The lowest BCUT2D eigenvalue weighted by atomic mass is 10.0. The van der Waals surface area contributed by atoms with Crippen molar-refractivity contribution in [3.8, 4) is 0 Å². The molecule has 1 aliphatic heterocycles. The van der Waals surface area contributed by atoms with E-state index in [9.17, 15) is 0 Å². The fourth-order valence-electron chi connectivity index (χ4n) is 2.92. The van der Waals surface area contributed by atoms with E-state index in [4.69, 9.17) is 4.74 Å². The summed E-state index contributed by atoms with van der Waals surface area (Å²) in [7, 11) is 1.90. The highest BCUT2D eigenvalue weighted by molar-refractivity contribution is 14.0. The number of hydrogen-bond donors (Lipinski definition) is 1. The van der Waals surface area contributed by atoms with Crippen molar-refractivity contribution in [2.24, 2.45) is 10.4 Å². The number of ether oxygens (including phenoxy) is 1. The van der Waals surface area contributed by atoms with Gasteiger partial charge in [0, 0.05) is 50.4 Å². The minimum Gasteiger partial charge on any atom is -0.382 e. The molecule has 2 aliphatic rings. The zero-order valence-electron chi connectivity index (χ0n) is 14.5. The smallest absolute Gasteiger partial charge is 0.193 e. The molecule has 0 unspecified atom stereocenters. The lowest BCUT2D eigenvalue weighted by Gasteiger charge is -2.39. The molecule has 0 atom stereocenters. The van der Waals surface area contributed by atoms with Gasteiger partial charge in [-0.2, -0.15) is 11.8 Å². The Morgan fingerprint density at radius 3 is 2.64 bits per heavy atom. The van der Waals surface area contributed by atoms with Crippen LogP contribution in [0.1, 0.15) is 40.0 Å². The summed E-state index contributed by atoms with van der Waals surface area (Å²) in [6, 6.07) is 0. The van der Waals surface area contributed by atoms with Crippen LogP contribution in [-0.4, -0.2) is 61.3 Å². The van der Waals surface area contributed by atoms with Gasteiger partial charge in [0.05, 0.1) is 0 Å². The normalized spacial score (nSPS) is 22.9. The van der Waals surface area contributed by atoms with Gasteiger partial charge in [-0.15, -0.1) is 24.0 Å². The van der Waals surface area contributed by atoms with Crippen LogP contribution in [0, 0.1) is 5.41 Å². The zero-order valence-corrected chi connectivity index (χ0v) is 17.6. The Bertz CT molecular complexity index is 372. The molecule has 0 radical (unpaired) electrons. The maximum absolute atomic E-state index is 5.51. The topological polar surface area (TPSA) is 36.9 Å². The first-order valence-electron chi connectivity index (χ1n) is 8.18. The first-order chi connectivity index (χ1) is 10.0. The van der Waals surface area contributed by atoms with Gasteiger partial charge >= 0.3 is 0 Å². The van der Waals surface area contributed by atoms with Crippen LogP contribution in [0.3, 0.4) is 0 Å². The SMILES string of the molecule is CCOCCC1(CNC(=NC)N2CCSC(C)(C)C2)CC1.I. The van der Waals surface area contributed by atoms with Gasteiger partial charge in [0.25, 0.3) is 0 Å². The van der Waals surface area contributed by atoms with Gasteiger partial charge in [-0.3, -0.25) is 4.99 Å². The summed E-state index contributed by atoms with van der Waals surface area (Å²) in [6.45, 7) is 11.6. The summed E-state index contributed by atoms with van der Waals surface area (Å²) < 4.78 is 5.84. The van der Waals surface area contributed by atoms with Crippen LogP contribution in [0.2, 0.25) is 0 Å². The second-order valence-corrected chi connectivity index (χ2v) is 8.68. The van der Waals surface area contributed by atoms with Crippen LogP contribution in [-0.2, 0) is 4.74 Å². The van der Waals surface area contributed by atoms with E-state index in [1.54, 1.807) is 0 Å². The number of thioether (sulfide) groups is 1. The van der Waals surface area contributed by atoms with Crippen LogP contribution in [0.25, 0.3) is 0 Å². The second kappa shape index (κ2) is 8.97. The number of rotatable bonds is 6. The summed E-state index contributed by atoms with van der Waals surface area (Å²) in [4.78, 5) is 6.91. The molecule has 130 valence electrons. The molecule has 6 heteroatoms. The number of nitrogens with zero attached hydrogens (tertiary/aromatic N) is 2. The minimum atomic E-state index is 0. The summed E-state index contributed by atoms with van der Waals surface area (Å²) in [5.74, 6) is 2.26. The van der Waals surface area contributed by atoms with Crippen LogP contribution < -0.4 is 5.32 Å². The largest absolute Gasteiger partial charge is 0.382 e. The summed E-state index contributed by atoms with van der Waals surface area (Å²) in [5.41, 5.74) is 0.463. The van der Waals surface area contributed by atoms with E-state index in [0.717, 1.165) is 38.8 Å². The Labute approximate surface area is 157 Å². The average Bonchev–Trinajstić information content (AvgIpc) is 3.19. The molecule has 1 heterocycles. The maximum Gasteiger partial charge on any atom is 0.193 e. The quantitative estimate of drug-likeness (QED) is 0.297. The van der Waals surface area contributed by atoms with E-state index in [-0.39, 0.29) is 24.0 Å². The molecule has 1 saturated heterocycles. The van der Waals surface area contributed by atoms with E-state index in [2.05, 4.69) is 47.7 Å². The molecule has 0 amide bonds. The van der Waals surface area contributed by atoms with Gasteiger partial charge < -0.3 is 15.0 Å². The van der Waals surface area contributed by atoms with Gasteiger partial charge in [0.15, 0.2) is 5.96 Å². The number of aliphatic imine (C=N–C) groups is 1. The van der Waals surface area contributed by atoms with Crippen molar-refractivity contribution in [3.05, 3.63) is 0 Å². The average molecular weight is 441 g/mol. The van der Waals surface area contributed by atoms with Crippen molar-refractivity contribution in [2.45, 2.75) is 44.8 Å². The summed E-state index contributed by atoms with van der Waals surface area (Å²) in [5, 5.41) is 3.62. The highest BCUT2D eigenvalue weighted by Gasteiger charge is 2.42. The maximum atomic E-state index is 5.51. The molecule has 0 spiro atoms. The number of nitrogens with one attached hydrogen (secondary N) is 1. The number of halogens is 1. The zero-order chi connectivity index (χ0) is 15.3. The Balaban J connectivity index is 0.00000242. The fourth-order valence-corrected chi connectivity index (χ4v) is 4.03. The highest BCUT2D eigenvalue weighted by Crippen LogP contribution is 2.48. The van der Waals surface area contributed by atoms with Gasteiger partial charge in [-0.25, -0.2) is 0 Å². The van der Waals surface area contributed by atoms with E-state index < -0.39 is 0 Å². The third kappa shape index (κ3) is 6.07. The van der Waals surface area contributed by atoms with Crippen molar-refractivity contribution >= 4 is 41.7 Å². The highest BCUT2D eigenvalue weighted by atomic mass is 127. The first-order valence-corrected chi connectivity index (χ1v) is 9.16. The monoisotopic (exact) mass is 441 g/mol. The minimum absolute atomic E-state index is 0. The predicted molar refractivity (Wildman–Crippen MR) is 108 cm³/mol. The third-order valence-corrected chi connectivity index (χ3v) is 5.79. The lowest BCUT2D eigenvalue weighted by Crippen LogP contribution is -2.51. The molecule has 1 aliphatic carbocycles. The Morgan fingerprint density at radius 1 is 1.36 bits per heavy atom. The van der Waals surface area contributed by atoms with Crippen molar-refractivity contribution in [1.82, 2.24) is 10.2 Å². The molecule has 0 aromatic rings. The molecule has 2 rings (SSSR count). The van der Waals surface area contributed by atoms with Crippen LogP contribution in [0.5, 0.6) is 0 Å². The Morgan fingerprint density at radius 2 is 2.09 bits per heavy atom. The van der Waals surface area contributed by atoms with Gasteiger partial charge in [-0.05, 0) is 45.4 Å². The van der Waals surface area contributed by atoms with Gasteiger partial charge in [0.2, 0.25) is 0 Å². The summed E-state index contributed by atoms with van der Waals surface area (Å²) >= 11 is 2.06. The molecule has 4 nitrogen and oxygen atoms in total. The molecular weight excluding hydrogens is 409 g/mol. The van der Waals surface area contributed by atoms with Crippen LogP contribution in [0.4, 0.5) is 0 Å². The van der Waals surface area contributed by atoms with E-state index in [1.807, 2.05) is 7.05 Å². The molecule has 0 aromatic heterocycles. The predicted octanol–water partition coefficient (Wildman–Crippen LogP) is 3.21. The van der Waals surface area contributed by atoms with E-state index in [1.165, 1.54) is 25.0 Å². The van der Waals surface area contributed by atoms with Crippen molar-refractivity contribution in [2.75, 3.05) is 45.6 Å². The van der Waals surface area contributed by atoms with Gasteiger partial charge in [-0.1, -0.05) is 0 Å². The van der Waals surface area contributed by atoms with E-state index in [0.29, 0.717) is 10.2 Å².